The van der Waals surface area contributed by atoms with Crippen LogP contribution < -0.4 is 5.32 Å². The normalized spacial score (nSPS) is 12.1. The van der Waals surface area contributed by atoms with Crippen LogP contribution in [0.25, 0.3) is 0 Å². The second-order valence-electron chi connectivity index (χ2n) is 3.98. The van der Waals surface area contributed by atoms with Crippen LogP contribution in [0.1, 0.15) is 18.4 Å². The summed E-state index contributed by atoms with van der Waals surface area (Å²) in [5, 5.41) is 20.6. The number of aliphatic hydroxyl groups is 1. The molecule has 0 aliphatic rings. The van der Waals surface area contributed by atoms with Gasteiger partial charge in [0.2, 0.25) is 5.13 Å². The zero-order valence-corrected chi connectivity index (χ0v) is 11.4. The van der Waals surface area contributed by atoms with E-state index >= 15 is 0 Å². The topological polar surface area (TPSA) is 61.3 Å². The Labute approximate surface area is 113 Å². The Morgan fingerprint density at radius 3 is 2.68 bits per heavy atom. The SMILES string of the molecule is CCCNc1nnc(CN(CCO)CC(F)(F)F)s1. The van der Waals surface area contributed by atoms with Crippen LogP contribution in [0.15, 0.2) is 0 Å². The maximum absolute atomic E-state index is 12.3. The molecule has 2 N–H and O–H groups in total. The largest absolute Gasteiger partial charge is 0.401 e. The predicted octanol–water partition coefficient (Wildman–Crippen LogP) is 1.72. The molecule has 1 aromatic heterocycles. The minimum Gasteiger partial charge on any atom is -0.395 e. The van der Waals surface area contributed by atoms with Crippen LogP contribution in [0.2, 0.25) is 0 Å². The monoisotopic (exact) mass is 298 g/mol. The summed E-state index contributed by atoms with van der Waals surface area (Å²) in [7, 11) is 0. The van der Waals surface area contributed by atoms with E-state index in [0.717, 1.165) is 17.9 Å². The number of alkyl halides is 3. The van der Waals surface area contributed by atoms with Gasteiger partial charge in [0.05, 0.1) is 19.7 Å². The van der Waals surface area contributed by atoms with Crippen LogP contribution in [-0.4, -0.2) is 52.6 Å². The molecule has 0 spiro atoms. The van der Waals surface area contributed by atoms with Gasteiger partial charge in [-0.05, 0) is 6.42 Å². The lowest BCUT2D eigenvalue weighted by Crippen LogP contribution is -2.35. The molecule has 0 aliphatic carbocycles. The summed E-state index contributed by atoms with van der Waals surface area (Å²) in [6.45, 7) is 1.35. The summed E-state index contributed by atoms with van der Waals surface area (Å²) < 4.78 is 37.0. The Kier molecular flexibility index (Phi) is 6.46. The van der Waals surface area contributed by atoms with E-state index in [-0.39, 0.29) is 19.7 Å². The molecule has 1 rings (SSSR count). The fraction of sp³-hybridized carbons (Fsp3) is 0.800. The first kappa shape index (κ1) is 16.1. The third-order valence-corrected chi connectivity index (χ3v) is 3.04. The Morgan fingerprint density at radius 1 is 1.37 bits per heavy atom. The Bertz CT molecular complexity index is 372. The molecule has 1 aromatic rings. The van der Waals surface area contributed by atoms with Crippen LogP contribution in [0.5, 0.6) is 0 Å². The highest BCUT2D eigenvalue weighted by atomic mass is 32.1. The van der Waals surface area contributed by atoms with Gasteiger partial charge in [-0.25, -0.2) is 0 Å². The van der Waals surface area contributed by atoms with E-state index in [1.54, 1.807) is 0 Å². The number of rotatable bonds is 8. The molecule has 0 radical (unpaired) electrons. The number of nitrogens with one attached hydrogen (secondary N) is 1. The number of hydrogen-bond acceptors (Lipinski definition) is 6. The number of hydrogen-bond donors (Lipinski definition) is 2. The van der Waals surface area contributed by atoms with E-state index in [1.165, 1.54) is 11.3 Å². The van der Waals surface area contributed by atoms with Crippen molar-refractivity contribution in [2.45, 2.75) is 26.1 Å². The fourth-order valence-corrected chi connectivity index (χ4v) is 2.23. The van der Waals surface area contributed by atoms with Gasteiger partial charge in [0.1, 0.15) is 5.01 Å². The average Bonchev–Trinajstić information content (AvgIpc) is 2.72. The molecule has 0 saturated heterocycles. The molecule has 0 aromatic carbocycles. The van der Waals surface area contributed by atoms with Crippen molar-refractivity contribution in [1.29, 1.82) is 0 Å². The van der Waals surface area contributed by atoms with Gasteiger partial charge in [0, 0.05) is 13.1 Å². The Balaban J connectivity index is 2.55. The van der Waals surface area contributed by atoms with Crippen molar-refractivity contribution in [3.05, 3.63) is 5.01 Å². The molecule has 0 fully saturated rings. The summed E-state index contributed by atoms with van der Waals surface area (Å²) in [6, 6.07) is 0. The van der Waals surface area contributed by atoms with Crippen LogP contribution >= 0.6 is 11.3 Å². The third-order valence-electron chi connectivity index (χ3n) is 2.17. The average molecular weight is 298 g/mol. The highest BCUT2D eigenvalue weighted by Crippen LogP contribution is 2.20. The molecule has 0 atom stereocenters. The van der Waals surface area contributed by atoms with E-state index in [1.807, 2.05) is 6.92 Å². The third kappa shape index (κ3) is 6.69. The van der Waals surface area contributed by atoms with Crippen molar-refractivity contribution in [2.24, 2.45) is 0 Å². The highest BCUT2D eigenvalue weighted by molar-refractivity contribution is 7.15. The summed E-state index contributed by atoms with van der Waals surface area (Å²) >= 11 is 1.23. The van der Waals surface area contributed by atoms with Gasteiger partial charge in [-0.1, -0.05) is 18.3 Å². The second-order valence-corrected chi connectivity index (χ2v) is 5.04. The lowest BCUT2D eigenvalue weighted by atomic mass is 10.4. The first-order valence-corrected chi connectivity index (χ1v) is 6.72. The summed E-state index contributed by atoms with van der Waals surface area (Å²) in [5.74, 6) is 0. The number of nitrogens with zero attached hydrogens (tertiary/aromatic N) is 3. The number of aromatic nitrogens is 2. The molecular formula is C10H17F3N4OS. The number of halogens is 3. The highest BCUT2D eigenvalue weighted by Gasteiger charge is 2.30. The van der Waals surface area contributed by atoms with E-state index in [0.29, 0.717) is 10.1 Å². The molecule has 0 aliphatic heterocycles. The molecule has 0 saturated carbocycles. The lowest BCUT2D eigenvalue weighted by Gasteiger charge is -2.21. The van der Waals surface area contributed by atoms with Gasteiger partial charge in [-0.15, -0.1) is 10.2 Å². The summed E-state index contributed by atoms with van der Waals surface area (Å²) in [6.07, 6.45) is -3.36. The van der Waals surface area contributed by atoms with Crippen LogP contribution in [0.3, 0.4) is 0 Å². The van der Waals surface area contributed by atoms with Gasteiger partial charge in [0.15, 0.2) is 0 Å². The zero-order chi connectivity index (χ0) is 14.3. The van der Waals surface area contributed by atoms with Gasteiger partial charge in [-0.2, -0.15) is 13.2 Å². The maximum Gasteiger partial charge on any atom is 0.401 e. The van der Waals surface area contributed by atoms with Crippen LogP contribution in [0, 0.1) is 0 Å². The lowest BCUT2D eigenvalue weighted by molar-refractivity contribution is -0.148. The molecule has 5 nitrogen and oxygen atoms in total. The van der Waals surface area contributed by atoms with Crippen LogP contribution in [-0.2, 0) is 6.54 Å². The maximum atomic E-state index is 12.3. The van der Waals surface area contributed by atoms with Gasteiger partial charge in [-0.3, -0.25) is 4.90 Å². The van der Waals surface area contributed by atoms with Gasteiger partial charge in [0.25, 0.3) is 0 Å². The minimum atomic E-state index is -4.29. The van der Waals surface area contributed by atoms with Crippen molar-refractivity contribution >= 4 is 16.5 Å². The molecule has 19 heavy (non-hydrogen) atoms. The van der Waals surface area contributed by atoms with Crippen LogP contribution in [0.4, 0.5) is 18.3 Å². The van der Waals surface area contributed by atoms with E-state index in [9.17, 15) is 13.2 Å². The van der Waals surface area contributed by atoms with E-state index < -0.39 is 12.7 Å². The van der Waals surface area contributed by atoms with Gasteiger partial charge >= 0.3 is 6.18 Å². The van der Waals surface area contributed by atoms with Crippen molar-refractivity contribution in [2.75, 3.05) is 31.6 Å². The second kappa shape index (κ2) is 7.61. The smallest absolute Gasteiger partial charge is 0.395 e. The minimum absolute atomic E-state index is 0.0333. The standard InChI is InChI=1S/C10H17F3N4OS/c1-2-3-14-9-16-15-8(19-9)6-17(4-5-18)7-10(11,12)13/h18H,2-7H2,1H3,(H,14,16). The molecule has 110 valence electrons. The zero-order valence-electron chi connectivity index (χ0n) is 10.6. The molecule has 0 bridgehead atoms. The first-order chi connectivity index (χ1) is 8.94. The molecule has 0 unspecified atom stereocenters. The Morgan fingerprint density at radius 2 is 2.11 bits per heavy atom. The Hall–Kier alpha value is -0.930. The predicted molar refractivity (Wildman–Crippen MR) is 67.1 cm³/mol. The van der Waals surface area contributed by atoms with E-state index in [2.05, 4.69) is 15.5 Å². The first-order valence-electron chi connectivity index (χ1n) is 5.91. The molecule has 0 amide bonds. The van der Waals surface area contributed by atoms with Gasteiger partial charge < -0.3 is 10.4 Å². The summed E-state index contributed by atoms with van der Waals surface area (Å²) in [4.78, 5) is 1.10. The van der Waals surface area contributed by atoms with Crippen molar-refractivity contribution in [1.82, 2.24) is 15.1 Å². The van der Waals surface area contributed by atoms with E-state index in [4.69, 9.17) is 5.11 Å². The summed E-state index contributed by atoms with van der Waals surface area (Å²) in [5.41, 5.74) is 0. The molecule has 9 heteroatoms. The number of anilines is 1. The molecular weight excluding hydrogens is 281 g/mol. The number of aliphatic hydroxyl groups excluding tert-OH is 1. The van der Waals surface area contributed by atoms with Crippen molar-refractivity contribution in [3.8, 4) is 0 Å². The molecule has 1 heterocycles. The fourth-order valence-electron chi connectivity index (χ4n) is 1.42. The quantitative estimate of drug-likeness (QED) is 0.765. The van der Waals surface area contributed by atoms with Crippen molar-refractivity contribution < 1.29 is 18.3 Å². The van der Waals surface area contributed by atoms with Crippen molar-refractivity contribution in [3.63, 3.8) is 0 Å².